The standard InChI is InChI=1S/C15H15F3N2O3S2/c1-15(17,18)10-4-3-9(11(16)7-10)8-20-14(21)12-5-6-13(24-12)25(22,23)19-2/h3-7,19H,8H2,1-2H3,(H,20,21). The summed E-state index contributed by atoms with van der Waals surface area (Å²) in [5.74, 6) is -4.61. The zero-order chi connectivity index (χ0) is 18.8. The fraction of sp³-hybridized carbons (Fsp3) is 0.267. The number of thiophene rings is 1. The SMILES string of the molecule is CNS(=O)(=O)c1ccc(C(=O)NCc2ccc(C(C)(F)F)cc2F)s1. The predicted molar refractivity (Wildman–Crippen MR) is 87.7 cm³/mol. The Kier molecular flexibility index (Phi) is 5.55. The van der Waals surface area contributed by atoms with Gasteiger partial charge in [0.2, 0.25) is 10.0 Å². The molecule has 25 heavy (non-hydrogen) atoms. The lowest BCUT2D eigenvalue weighted by Crippen LogP contribution is -2.22. The van der Waals surface area contributed by atoms with Gasteiger partial charge in [-0.25, -0.2) is 26.3 Å². The molecule has 1 aromatic heterocycles. The number of rotatable bonds is 6. The largest absolute Gasteiger partial charge is 0.347 e. The number of benzene rings is 1. The Hall–Kier alpha value is -1.91. The van der Waals surface area contributed by atoms with Crippen LogP contribution < -0.4 is 10.0 Å². The van der Waals surface area contributed by atoms with Crippen molar-refractivity contribution >= 4 is 27.3 Å². The van der Waals surface area contributed by atoms with Gasteiger partial charge in [-0.15, -0.1) is 11.3 Å². The van der Waals surface area contributed by atoms with Gasteiger partial charge in [0, 0.05) is 24.6 Å². The van der Waals surface area contributed by atoms with Crippen molar-refractivity contribution in [3.8, 4) is 0 Å². The molecule has 10 heteroatoms. The first-order valence-electron chi connectivity index (χ1n) is 7.03. The van der Waals surface area contributed by atoms with E-state index >= 15 is 0 Å². The topological polar surface area (TPSA) is 75.3 Å². The number of hydrogen-bond donors (Lipinski definition) is 2. The summed E-state index contributed by atoms with van der Waals surface area (Å²) in [6.07, 6.45) is 0. The lowest BCUT2D eigenvalue weighted by atomic mass is 10.1. The number of carbonyl (C=O) groups is 1. The van der Waals surface area contributed by atoms with E-state index in [0.29, 0.717) is 6.92 Å². The molecule has 0 fully saturated rings. The smallest absolute Gasteiger partial charge is 0.270 e. The number of halogens is 3. The molecule has 0 aliphatic heterocycles. The normalized spacial score (nSPS) is 12.2. The van der Waals surface area contributed by atoms with E-state index in [1.807, 2.05) is 0 Å². The molecule has 0 atom stereocenters. The van der Waals surface area contributed by atoms with Gasteiger partial charge in [-0.3, -0.25) is 4.79 Å². The van der Waals surface area contributed by atoms with Crippen LogP contribution in [-0.4, -0.2) is 21.4 Å². The summed E-state index contributed by atoms with van der Waals surface area (Å²) in [6.45, 7) is 0.447. The zero-order valence-corrected chi connectivity index (χ0v) is 14.9. The average molecular weight is 392 g/mol. The molecule has 5 nitrogen and oxygen atoms in total. The Balaban J connectivity index is 2.08. The third kappa shape index (κ3) is 4.59. The van der Waals surface area contributed by atoms with Crippen LogP contribution >= 0.6 is 11.3 Å². The van der Waals surface area contributed by atoms with Crippen molar-refractivity contribution in [3.63, 3.8) is 0 Å². The minimum absolute atomic E-state index is 0.0270. The molecule has 0 spiro atoms. The number of carbonyl (C=O) groups excluding carboxylic acids is 1. The Morgan fingerprint density at radius 1 is 1.24 bits per heavy atom. The van der Waals surface area contributed by atoms with Crippen molar-refractivity contribution in [2.75, 3.05) is 7.05 Å². The van der Waals surface area contributed by atoms with Crippen molar-refractivity contribution in [3.05, 3.63) is 52.2 Å². The van der Waals surface area contributed by atoms with E-state index in [1.54, 1.807) is 0 Å². The molecular formula is C15H15F3N2O3S2. The highest BCUT2D eigenvalue weighted by molar-refractivity contribution is 7.91. The number of alkyl halides is 2. The first-order chi connectivity index (χ1) is 11.5. The summed E-state index contributed by atoms with van der Waals surface area (Å²) in [5.41, 5.74) is -0.416. The molecule has 2 aromatic rings. The minimum atomic E-state index is -3.65. The lowest BCUT2D eigenvalue weighted by Gasteiger charge is -2.12. The molecule has 1 aromatic carbocycles. The van der Waals surface area contributed by atoms with Crippen LogP contribution in [0.2, 0.25) is 0 Å². The summed E-state index contributed by atoms with van der Waals surface area (Å²) >= 11 is 0.762. The van der Waals surface area contributed by atoms with Gasteiger partial charge in [-0.2, -0.15) is 0 Å². The van der Waals surface area contributed by atoms with Crippen LogP contribution in [-0.2, 0) is 22.5 Å². The van der Waals surface area contributed by atoms with Gasteiger partial charge in [0.25, 0.3) is 11.8 Å². The van der Waals surface area contributed by atoms with E-state index in [2.05, 4.69) is 10.0 Å². The molecule has 2 rings (SSSR count). The maximum absolute atomic E-state index is 13.9. The van der Waals surface area contributed by atoms with Crippen LogP contribution in [0.15, 0.2) is 34.5 Å². The van der Waals surface area contributed by atoms with Gasteiger partial charge in [0.1, 0.15) is 10.0 Å². The van der Waals surface area contributed by atoms with Gasteiger partial charge in [0.15, 0.2) is 0 Å². The molecule has 0 radical (unpaired) electrons. The quantitative estimate of drug-likeness (QED) is 0.794. The molecule has 1 heterocycles. The van der Waals surface area contributed by atoms with Crippen molar-refractivity contribution in [2.24, 2.45) is 0 Å². The third-order valence-corrected chi connectivity index (χ3v) is 6.33. The molecule has 0 unspecified atom stereocenters. The zero-order valence-electron chi connectivity index (χ0n) is 13.3. The lowest BCUT2D eigenvalue weighted by molar-refractivity contribution is 0.0171. The van der Waals surface area contributed by atoms with Crippen LogP contribution in [0.4, 0.5) is 13.2 Å². The Labute approximate surface area is 146 Å². The highest BCUT2D eigenvalue weighted by Gasteiger charge is 2.25. The van der Waals surface area contributed by atoms with E-state index in [1.165, 1.54) is 25.2 Å². The van der Waals surface area contributed by atoms with E-state index in [0.717, 1.165) is 23.5 Å². The van der Waals surface area contributed by atoms with Gasteiger partial charge in [-0.05, 0) is 25.2 Å². The number of amides is 1. The van der Waals surface area contributed by atoms with Crippen LogP contribution in [0.25, 0.3) is 0 Å². The molecule has 136 valence electrons. The summed E-state index contributed by atoms with van der Waals surface area (Å²) < 4.78 is 65.5. The number of sulfonamides is 1. The van der Waals surface area contributed by atoms with E-state index < -0.39 is 33.2 Å². The fourth-order valence-electron chi connectivity index (χ4n) is 1.91. The second kappa shape index (κ2) is 7.14. The summed E-state index contributed by atoms with van der Waals surface area (Å²) in [4.78, 5) is 12.2. The second-order valence-electron chi connectivity index (χ2n) is 5.20. The molecule has 0 aliphatic rings. The molecule has 0 saturated heterocycles. The van der Waals surface area contributed by atoms with Crippen molar-refractivity contribution < 1.29 is 26.4 Å². The van der Waals surface area contributed by atoms with E-state index in [9.17, 15) is 26.4 Å². The van der Waals surface area contributed by atoms with Gasteiger partial charge in [0.05, 0.1) is 4.88 Å². The molecule has 0 bridgehead atoms. The number of hydrogen-bond acceptors (Lipinski definition) is 4. The highest BCUT2D eigenvalue weighted by Crippen LogP contribution is 2.28. The molecule has 1 amide bonds. The van der Waals surface area contributed by atoms with Crippen LogP contribution in [0.1, 0.15) is 27.7 Å². The molecule has 0 saturated carbocycles. The maximum Gasteiger partial charge on any atom is 0.270 e. The molecule has 2 N–H and O–H groups in total. The van der Waals surface area contributed by atoms with Crippen molar-refractivity contribution in [1.82, 2.24) is 10.0 Å². The van der Waals surface area contributed by atoms with Crippen LogP contribution in [0.5, 0.6) is 0 Å². The predicted octanol–water partition coefficient (Wildman–Crippen LogP) is 2.84. The minimum Gasteiger partial charge on any atom is -0.347 e. The van der Waals surface area contributed by atoms with Crippen LogP contribution in [0.3, 0.4) is 0 Å². The Bertz CT molecular complexity index is 890. The first kappa shape index (κ1) is 19.4. The summed E-state index contributed by atoms with van der Waals surface area (Å²) in [5, 5.41) is 2.43. The number of nitrogens with one attached hydrogen (secondary N) is 2. The Morgan fingerprint density at radius 3 is 2.48 bits per heavy atom. The summed E-state index contributed by atoms with van der Waals surface area (Å²) in [6, 6.07) is 5.61. The highest BCUT2D eigenvalue weighted by atomic mass is 32.2. The first-order valence-corrected chi connectivity index (χ1v) is 9.33. The Morgan fingerprint density at radius 2 is 1.92 bits per heavy atom. The van der Waals surface area contributed by atoms with Gasteiger partial charge >= 0.3 is 0 Å². The van der Waals surface area contributed by atoms with E-state index in [-0.39, 0.29) is 21.2 Å². The molecule has 0 aliphatic carbocycles. The van der Waals surface area contributed by atoms with Gasteiger partial charge < -0.3 is 5.32 Å². The third-order valence-electron chi connectivity index (χ3n) is 3.34. The van der Waals surface area contributed by atoms with E-state index in [4.69, 9.17) is 0 Å². The second-order valence-corrected chi connectivity index (χ2v) is 8.40. The van der Waals surface area contributed by atoms with Gasteiger partial charge in [-0.1, -0.05) is 12.1 Å². The average Bonchev–Trinajstić information content (AvgIpc) is 3.03. The van der Waals surface area contributed by atoms with Crippen LogP contribution in [0, 0.1) is 5.82 Å². The summed E-state index contributed by atoms with van der Waals surface area (Å²) in [7, 11) is -2.39. The maximum atomic E-state index is 13.9. The van der Waals surface area contributed by atoms with Crippen molar-refractivity contribution in [2.45, 2.75) is 23.6 Å². The monoisotopic (exact) mass is 392 g/mol. The van der Waals surface area contributed by atoms with Crippen molar-refractivity contribution in [1.29, 1.82) is 0 Å². The fourth-order valence-corrected chi connectivity index (χ4v) is 3.97. The molecular weight excluding hydrogens is 377 g/mol.